The van der Waals surface area contributed by atoms with Gasteiger partial charge in [-0.25, -0.2) is 0 Å². The lowest BCUT2D eigenvalue weighted by Gasteiger charge is -2.08. The summed E-state index contributed by atoms with van der Waals surface area (Å²) in [5.41, 5.74) is 0. The van der Waals surface area contributed by atoms with Crippen molar-refractivity contribution in [2.75, 3.05) is 39.6 Å². The normalized spacial score (nSPS) is 10.3. The molecule has 1 aromatic heterocycles. The van der Waals surface area contributed by atoms with Crippen molar-refractivity contribution < 1.29 is 19.0 Å². The fraction of sp³-hybridized carbons (Fsp3) is 0.333. The zero-order valence-corrected chi connectivity index (χ0v) is 17.0. The van der Waals surface area contributed by atoms with Gasteiger partial charge in [0.15, 0.2) is 0 Å². The minimum atomic E-state index is -0.191. The van der Waals surface area contributed by atoms with Gasteiger partial charge in [-0.2, -0.15) is 5.26 Å². The Labute approximate surface area is 170 Å². The van der Waals surface area contributed by atoms with Crippen LogP contribution in [0.15, 0.2) is 36.4 Å². The highest BCUT2D eigenvalue weighted by Gasteiger charge is 2.08. The molecule has 138 valence electrons. The van der Waals surface area contributed by atoms with Gasteiger partial charge < -0.3 is 19.5 Å². The number of carbonyl (C=O) groups excluding carboxylic acids is 1. The van der Waals surface area contributed by atoms with Crippen LogP contribution in [0.5, 0.6) is 5.75 Å². The lowest BCUT2D eigenvalue weighted by molar-refractivity contribution is 0.0370. The lowest BCUT2D eigenvalue weighted by atomic mass is 10.3. The summed E-state index contributed by atoms with van der Waals surface area (Å²) in [6.45, 7) is 2.73. The molecule has 0 fully saturated rings. The molecule has 1 heterocycles. The number of nitrogens with one attached hydrogen (secondary N) is 1. The van der Waals surface area contributed by atoms with E-state index in [2.05, 4.69) is 27.9 Å². The largest absolute Gasteiger partial charge is 0.491 e. The van der Waals surface area contributed by atoms with Crippen LogP contribution in [0.3, 0.4) is 0 Å². The van der Waals surface area contributed by atoms with Crippen molar-refractivity contribution >= 4 is 39.8 Å². The molecule has 2 rings (SSSR count). The summed E-state index contributed by atoms with van der Waals surface area (Å²) >= 11 is 3.42. The van der Waals surface area contributed by atoms with Crippen LogP contribution < -0.4 is 10.1 Å². The van der Waals surface area contributed by atoms with Crippen LogP contribution in [0, 0.1) is 14.9 Å². The first kappa shape index (κ1) is 20.6. The monoisotopic (exact) mass is 486 g/mol. The molecule has 1 N–H and O–H groups in total. The van der Waals surface area contributed by atoms with Gasteiger partial charge in [0.05, 0.1) is 31.3 Å². The predicted molar refractivity (Wildman–Crippen MR) is 108 cm³/mol. The van der Waals surface area contributed by atoms with Crippen molar-refractivity contribution in [1.82, 2.24) is 5.32 Å². The third-order valence-electron chi connectivity index (χ3n) is 3.15. The Hall–Kier alpha value is -1.67. The van der Waals surface area contributed by atoms with Gasteiger partial charge in [0, 0.05) is 10.1 Å². The number of nitrogens with zero attached hydrogens (tertiary/aromatic N) is 1. The Kier molecular flexibility index (Phi) is 9.41. The van der Waals surface area contributed by atoms with Gasteiger partial charge in [-0.15, -0.1) is 11.3 Å². The number of ether oxygens (including phenoxy) is 3. The molecule has 26 heavy (non-hydrogen) atoms. The summed E-state index contributed by atoms with van der Waals surface area (Å²) < 4.78 is 17.5. The maximum atomic E-state index is 11.8. The number of rotatable bonds is 11. The average molecular weight is 486 g/mol. The van der Waals surface area contributed by atoms with E-state index in [0.717, 1.165) is 5.75 Å². The van der Waals surface area contributed by atoms with Crippen molar-refractivity contribution in [3.63, 3.8) is 0 Å². The van der Waals surface area contributed by atoms with Crippen LogP contribution in [-0.2, 0) is 9.47 Å². The number of hydrogen-bond donors (Lipinski definition) is 1. The standard InChI is InChI=1S/C18H19IN2O4S/c19-14-1-3-15(4-2-14)25-12-11-24-10-9-23-8-7-21-18(22)17-6-5-16(13-20)26-17/h1-6H,7-12H2,(H,21,22). The molecule has 0 bridgehead atoms. The molecule has 1 amide bonds. The zero-order chi connectivity index (χ0) is 18.6. The third kappa shape index (κ3) is 7.70. The Morgan fingerprint density at radius 2 is 1.73 bits per heavy atom. The number of thiophene rings is 1. The molecule has 0 aliphatic rings. The highest BCUT2D eigenvalue weighted by Crippen LogP contribution is 2.15. The number of hydrogen-bond acceptors (Lipinski definition) is 6. The smallest absolute Gasteiger partial charge is 0.261 e. The number of amides is 1. The molecule has 2 aromatic rings. The fourth-order valence-corrected chi connectivity index (χ4v) is 2.99. The van der Waals surface area contributed by atoms with E-state index in [1.807, 2.05) is 30.3 Å². The molecule has 6 nitrogen and oxygen atoms in total. The fourth-order valence-electron chi connectivity index (χ4n) is 1.92. The number of benzene rings is 1. The van der Waals surface area contributed by atoms with Crippen LogP contribution in [0.1, 0.15) is 14.5 Å². The summed E-state index contributed by atoms with van der Waals surface area (Å²) in [6.07, 6.45) is 0. The summed E-state index contributed by atoms with van der Waals surface area (Å²) in [7, 11) is 0. The Morgan fingerprint density at radius 3 is 2.42 bits per heavy atom. The number of nitriles is 1. The average Bonchev–Trinajstić information content (AvgIpc) is 3.14. The molecule has 8 heteroatoms. The minimum absolute atomic E-state index is 0.191. The van der Waals surface area contributed by atoms with Gasteiger partial charge in [-0.1, -0.05) is 0 Å². The summed E-state index contributed by atoms with van der Waals surface area (Å²) in [4.78, 5) is 12.9. The van der Waals surface area contributed by atoms with Crippen molar-refractivity contribution in [3.8, 4) is 11.8 Å². The third-order valence-corrected chi connectivity index (χ3v) is 4.86. The van der Waals surface area contributed by atoms with E-state index < -0.39 is 0 Å². The second-order valence-corrected chi connectivity index (χ2v) is 7.39. The van der Waals surface area contributed by atoms with E-state index in [9.17, 15) is 4.79 Å². The Morgan fingerprint density at radius 1 is 1.04 bits per heavy atom. The molecule has 0 aliphatic carbocycles. The van der Waals surface area contributed by atoms with Gasteiger partial charge in [-0.05, 0) is 59.0 Å². The van der Waals surface area contributed by atoms with E-state index in [1.54, 1.807) is 12.1 Å². The SMILES string of the molecule is N#Cc1ccc(C(=O)NCCOCCOCCOc2ccc(I)cc2)s1. The van der Waals surface area contributed by atoms with E-state index in [0.29, 0.717) is 49.3 Å². The van der Waals surface area contributed by atoms with Gasteiger partial charge in [0.2, 0.25) is 0 Å². The molecule has 0 aliphatic heterocycles. The predicted octanol–water partition coefficient (Wildman–Crippen LogP) is 3.07. The second kappa shape index (κ2) is 11.9. The van der Waals surface area contributed by atoms with Crippen LogP contribution in [0.4, 0.5) is 0 Å². The highest BCUT2D eigenvalue weighted by atomic mass is 127. The van der Waals surface area contributed by atoms with Crippen molar-refractivity contribution in [3.05, 3.63) is 49.7 Å². The van der Waals surface area contributed by atoms with Crippen LogP contribution in [-0.4, -0.2) is 45.5 Å². The molecule has 0 saturated carbocycles. The summed E-state index contributed by atoms with van der Waals surface area (Å²) in [5, 5.41) is 11.5. The molecule has 0 radical (unpaired) electrons. The van der Waals surface area contributed by atoms with Crippen LogP contribution in [0.25, 0.3) is 0 Å². The molecule has 0 saturated heterocycles. The first-order chi connectivity index (χ1) is 12.7. The van der Waals surface area contributed by atoms with Gasteiger partial charge in [0.25, 0.3) is 5.91 Å². The Balaban J connectivity index is 1.43. The van der Waals surface area contributed by atoms with E-state index >= 15 is 0 Å². The first-order valence-corrected chi connectivity index (χ1v) is 9.90. The van der Waals surface area contributed by atoms with Gasteiger partial charge in [0.1, 0.15) is 23.3 Å². The lowest BCUT2D eigenvalue weighted by Crippen LogP contribution is -2.27. The van der Waals surface area contributed by atoms with Gasteiger partial charge >= 0.3 is 0 Å². The molecule has 0 spiro atoms. The first-order valence-electron chi connectivity index (χ1n) is 8.01. The van der Waals surface area contributed by atoms with E-state index in [1.165, 1.54) is 14.9 Å². The molecule has 0 unspecified atom stereocenters. The van der Waals surface area contributed by atoms with Crippen LogP contribution in [0.2, 0.25) is 0 Å². The highest BCUT2D eigenvalue weighted by molar-refractivity contribution is 14.1. The van der Waals surface area contributed by atoms with Gasteiger partial charge in [-0.3, -0.25) is 4.79 Å². The maximum Gasteiger partial charge on any atom is 0.261 e. The maximum absolute atomic E-state index is 11.8. The van der Waals surface area contributed by atoms with Crippen molar-refractivity contribution in [1.29, 1.82) is 5.26 Å². The minimum Gasteiger partial charge on any atom is -0.491 e. The van der Waals surface area contributed by atoms with E-state index in [4.69, 9.17) is 19.5 Å². The summed E-state index contributed by atoms with van der Waals surface area (Å²) in [5.74, 6) is 0.637. The molecular formula is C18H19IN2O4S. The topological polar surface area (TPSA) is 80.6 Å². The van der Waals surface area contributed by atoms with Crippen LogP contribution >= 0.6 is 33.9 Å². The second-order valence-electron chi connectivity index (χ2n) is 5.06. The molecular weight excluding hydrogens is 467 g/mol. The quantitative estimate of drug-likeness (QED) is 0.390. The van der Waals surface area contributed by atoms with Crippen molar-refractivity contribution in [2.45, 2.75) is 0 Å². The molecule has 0 atom stereocenters. The number of carbonyl (C=O) groups is 1. The zero-order valence-electron chi connectivity index (χ0n) is 14.1. The number of halogens is 1. The van der Waals surface area contributed by atoms with Crippen molar-refractivity contribution in [2.24, 2.45) is 0 Å². The summed E-state index contributed by atoms with van der Waals surface area (Å²) in [6, 6.07) is 13.1. The Bertz CT molecular complexity index is 728. The van der Waals surface area contributed by atoms with E-state index in [-0.39, 0.29) is 5.91 Å². The molecule has 1 aromatic carbocycles.